The molecule has 4 bridgehead atoms. The molecule has 4 fully saturated rings. The summed E-state index contributed by atoms with van der Waals surface area (Å²) in [6.07, 6.45) is 10.7. The van der Waals surface area contributed by atoms with E-state index in [1.807, 2.05) is 18.3 Å². The highest BCUT2D eigenvalue weighted by molar-refractivity contribution is 5.96. The molecule has 266 valence electrons. The zero-order valence-electron chi connectivity index (χ0n) is 31.3. The third-order valence-corrected chi connectivity index (χ3v) is 14.4. The molecule has 0 saturated heterocycles. The van der Waals surface area contributed by atoms with Crippen LogP contribution >= 0.6 is 0 Å². The maximum atomic E-state index is 5.29. The van der Waals surface area contributed by atoms with Crippen molar-refractivity contribution in [3.63, 3.8) is 0 Å². The first-order valence-electron chi connectivity index (χ1n) is 20.2. The maximum absolute atomic E-state index is 5.29. The average Bonchev–Trinajstić information content (AvgIpc) is 3.64. The molecule has 5 aromatic carbocycles. The van der Waals surface area contributed by atoms with E-state index >= 15 is 0 Å². The number of aromatic nitrogens is 4. The Bertz CT molecular complexity index is 2650. The van der Waals surface area contributed by atoms with E-state index in [4.69, 9.17) is 15.0 Å². The quantitative estimate of drug-likeness (QED) is 0.182. The highest BCUT2D eigenvalue weighted by atomic mass is 15.0. The van der Waals surface area contributed by atoms with Gasteiger partial charge in [0.1, 0.15) is 0 Å². The summed E-state index contributed by atoms with van der Waals surface area (Å²) < 4.78 is 0. The van der Waals surface area contributed by atoms with Gasteiger partial charge < -0.3 is 0 Å². The second kappa shape index (κ2) is 11.4. The first-order valence-corrected chi connectivity index (χ1v) is 20.2. The van der Waals surface area contributed by atoms with E-state index in [1.54, 1.807) is 17.3 Å². The van der Waals surface area contributed by atoms with Gasteiger partial charge in [-0.05, 0) is 124 Å². The molecule has 1 spiro atoms. The second-order valence-electron chi connectivity index (χ2n) is 17.5. The van der Waals surface area contributed by atoms with E-state index < -0.39 is 0 Å². The van der Waals surface area contributed by atoms with Crippen molar-refractivity contribution in [3.05, 3.63) is 156 Å². The van der Waals surface area contributed by atoms with Gasteiger partial charge in [0.2, 0.25) is 0 Å². The highest BCUT2D eigenvalue weighted by Crippen LogP contribution is 2.70. The topological polar surface area (TPSA) is 51.6 Å². The van der Waals surface area contributed by atoms with Crippen LogP contribution in [0.2, 0.25) is 0 Å². The number of hydrogen-bond donors (Lipinski definition) is 0. The van der Waals surface area contributed by atoms with Crippen LogP contribution in [0, 0.1) is 23.7 Å². The average molecular weight is 711 g/mol. The lowest BCUT2D eigenvalue weighted by molar-refractivity contribution is -0.0399. The Hall–Kier alpha value is -5.74. The Morgan fingerprint density at radius 3 is 1.80 bits per heavy atom. The molecule has 2 aromatic heterocycles. The van der Waals surface area contributed by atoms with Crippen LogP contribution in [-0.2, 0) is 10.8 Å². The molecule has 4 saturated carbocycles. The Balaban J connectivity index is 1.05. The summed E-state index contributed by atoms with van der Waals surface area (Å²) in [5, 5.41) is 0. The van der Waals surface area contributed by atoms with Crippen molar-refractivity contribution in [1.29, 1.82) is 0 Å². The van der Waals surface area contributed by atoms with Gasteiger partial charge in [0.15, 0.2) is 17.5 Å². The lowest BCUT2D eigenvalue weighted by Gasteiger charge is -2.61. The Kier molecular flexibility index (Phi) is 6.55. The molecule has 7 aromatic rings. The smallest absolute Gasteiger partial charge is 0.164 e. The zero-order chi connectivity index (χ0) is 36.5. The highest BCUT2D eigenvalue weighted by Gasteiger charge is 2.62. The molecule has 4 heteroatoms. The van der Waals surface area contributed by atoms with Crippen LogP contribution in [0.1, 0.15) is 68.2 Å². The lowest BCUT2D eigenvalue weighted by atomic mass is 9.43. The van der Waals surface area contributed by atoms with Crippen molar-refractivity contribution >= 4 is 0 Å². The molecular weight excluding hydrogens is 669 g/mol. The standard InChI is InChI=1S/C51H42N4/c1-50(2)43-16-8-14-39(49-54-47(33-10-4-3-5-11-33)53-48(55-49)34-19-17-32(18-20-34)35-12-9-21-52-29-35)46(43)41-27-40-38-13-6-7-15-42(38)51(45(40)28-44(41)50)36-23-30-22-31(25-36)26-37(51)24-30/h3-21,27-31,36-37H,22-26H2,1-2H3. The maximum Gasteiger partial charge on any atom is 0.164 e. The van der Waals surface area contributed by atoms with Crippen molar-refractivity contribution in [2.75, 3.05) is 0 Å². The molecule has 0 radical (unpaired) electrons. The van der Waals surface area contributed by atoms with Crippen LogP contribution in [0.5, 0.6) is 0 Å². The molecule has 0 N–H and O–H groups in total. The van der Waals surface area contributed by atoms with Crippen LogP contribution in [0.4, 0.5) is 0 Å². The SMILES string of the molecule is CC1(C)c2cc3c(cc2-c2c(-c4nc(-c5ccccc5)nc(-c5ccc(-c6cccnc6)cc5)n4)cccc21)-c1ccccc1C31C2CC3CC(C2)CC1C3. The third kappa shape index (κ3) is 4.40. The van der Waals surface area contributed by atoms with E-state index in [0.717, 1.165) is 51.5 Å². The van der Waals surface area contributed by atoms with Crippen molar-refractivity contribution in [2.45, 2.75) is 56.8 Å². The van der Waals surface area contributed by atoms with Gasteiger partial charge in [-0.1, -0.05) is 123 Å². The fraction of sp³-hybridized carbons (Fsp3) is 0.255. The first-order chi connectivity index (χ1) is 27.0. The fourth-order valence-electron chi connectivity index (χ4n) is 12.3. The molecule has 4 nitrogen and oxygen atoms in total. The normalized spacial score (nSPS) is 24.4. The largest absolute Gasteiger partial charge is 0.264 e. The van der Waals surface area contributed by atoms with E-state index in [1.165, 1.54) is 65.5 Å². The van der Waals surface area contributed by atoms with Crippen molar-refractivity contribution < 1.29 is 0 Å². The van der Waals surface area contributed by atoms with Gasteiger partial charge in [0, 0.05) is 39.9 Å². The minimum atomic E-state index is -0.169. The number of rotatable bonds is 4. The summed E-state index contributed by atoms with van der Waals surface area (Å²) in [7, 11) is 0. The van der Waals surface area contributed by atoms with Gasteiger partial charge in [0.05, 0.1) is 0 Å². The van der Waals surface area contributed by atoms with Crippen LogP contribution in [0.15, 0.2) is 134 Å². The van der Waals surface area contributed by atoms with Gasteiger partial charge in [-0.25, -0.2) is 15.0 Å². The third-order valence-electron chi connectivity index (χ3n) is 14.4. The first kappa shape index (κ1) is 31.6. The van der Waals surface area contributed by atoms with E-state index in [-0.39, 0.29) is 10.8 Å². The van der Waals surface area contributed by atoms with Gasteiger partial charge in [-0.3, -0.25) is 4.98 Å². The van der Waals surface area contributed by atoms with Crippen LogP contribution in [-0.4, -0.2) is 19.9 Å². The van der Waals surface area contributed by atoms with E-state index in [2.05, 4.69) is 128 Å². The minimum Gasteiger partial charge on any atom is -0.264 e. The molecule has 55 heavy (non-hydrogen) atoms. The van der Waals surface area contributed by atoms with Gasteiger partial charge >= 0.3 is 0 Å². The van der Waals surface area contributed by atoms with E-state index in [0.29, 0.717) is 17.5 Å². The van der Waals surface area contributed by atoms with Crippen molar-refractivity contribution in [3.8, 4) is 67.5 Å². The van der Waals surface area contributed by atoms with Crippen LogP contribution in [0.3, 0.4) is 0 Å². The lowest BCUT2D eigenvalue weighted by Crippen LogP contribution is -2.55. The van der Waals surface area contributed by atoms with Crippen molar-refractivity contribution in [2.24, 2.45) is 23.7 Å². The summed E-state index contributed by atoms with van der Waals surface area (Å²) in [6, 6.07) is 44.4. The molecular formula is C51H42N4. The number of benzene rings is 5. The molecule has 0 aliphatic heterocycles. The number of fused-ring (bicyclic) bond motifs is 6. The van der Waals surface area contributed by atoms with Crippen molar-refractivity contribution in [1.82, 2.24) is 19.9 Å². The number of hydrogen-bond acceptors (Lipinski definition) is 4. The molecule has 0 atom stereocenters. The predicted octanol–water partition coefficient (Wildman–Crippen LogP) is 12.0. The summed E-state index contributed by atoms with van der Waals surface area (Å²) in [4.78, 5) is 20.0. The number of pyridine rings is 1. The predicted molar refractivity (Wildman–Crippen MR) is 220 cm³/mol. The molecule has 0 amide bonds. The fourth-order valence-corrected chi connectivity index (χ4v) is 12.3. The Morgan fingerprint density at radius 1 is 0.455 bits per heavy atom. The molecule has 6 aliphatic carbocycles. The summed E-state index contributed by atoms with van der Waals surface area (Å²) in [5.74, 6) is 5.38. The van der Waals surface area contributed by atoms with Gasteiger partial charge in [0.25, 0.3) is 0 Å². The minimum absolute atomic E-state index is 0.141. The summed E-state index contributed by atoms with van der Waals surface area (Å²) in [6.45, 7) is 4.86. The van der Waals surface area contributed by atoms with Crippen LogP contribution in [0.25, 0.3) is 67.5 Å². The monoisotopic (exact) mass is 710 g/mol. The second-order valence-corrected chi connectivity index (χ2v) is 17.5. The van der Waals surface area contributed by atoms with Crippen LogP contribution < -0.4 is 0 Å². The Morgan fingerprint density at radius 2 is 1.07 bits per heavy atom. The molecule has 6 aliphatic rings. The van der Waals surface area contributed by atoms with Gasteiger partial charge in [-0.15, -0.1) is 0 Å². The molecule has 0 unspecified atom stereocenters. The molecule has 2 heterocycles. The summed E-state index contributed by atoms with van der Waals surface area (Å²) in [5.41, 5.74) is 16.7. The van der Waals surface area contributed by atoms with E-state index in [9.17, 15) is 0 Å². The Labute approximate surface area is 322 Å². The van der Waals surface area contributed by atoms with Gasteiger partial charge in [-0.2, -0.15) is 0 Å². The number of nitrogens with zero attached hydrogens (tertiary/aromatic N) is 4. The molecule has 13 rings (SSSR count). The summed E-state index contributed by atoms with van der Waals surface area (Å²) >= 11 is 0. The zero-order valence-corrected chi connectivity index (χ0v) is 31.3.